The van der Waals surface area contributed by atoms with E-state index in [1.165, 1.54) is 0 Å². The van der Waals surface area contributed by atoms with Crippen molar-refractivity contribution in [3.05, 3.63) is 35.4 Å². The van der Waals surface area contributed by atoms with E-state index in [9.17, 15) is 4.79 Å². The zero-order valence-corrected chi connectivity index (χ0v) is 9.78. The summed E-state index contributed by atoms with van der Waals surface area (Å²) in [5.41, 5.74) is 3.00. The van der Waals surface area contributed by atoms with Gasteiger partial charge in [0.2, 0.25) is 0 Å². The fourth-order valence-electron chi connectivity index (χ4n) is 1.10. The molecular weight excluding hydrogens is 206 g/mol. The van der Waals surface area contributed by atoms with Crippen LogP contribution in [-0.2, 0) is 4.84 Å². The van der Waals surface area contributed by atoms with E-state index in [0.29, 0.717) is 5.56 Å². The van der Waals surface area contributed by atoms with Crippen LogP contribution >= 0.6 is 0 Å². The quantitative estimate of drug-likeness (QED) is 0.759. The fourth-order valence-corrected chi connectivity index (χ4v) is 1.10. The Morgan fingerprint density at radius 2 is 2.06 bits per heavy atom. The van der Waals surface area contributed by atoms with Crippen LogP contribution in [-0.4, -0.2) is 23.2 Å². The minimum Gasteiger partial charge on any atom is -0.393 e. The molecule has 1 rings (SSSR count). The van der Waals surface area contributed by atoms with Gasteiger partial charge < -0.3 is 5.11 Å². The van der Waals surface area contributed by atoms with Crippen molar-refractivity contribution < 1.29 is 14.7 Å². The molecule has 4 heteroatoms. The monoisotopic (exact) mass is 223 g/mol. The van der Waals surface area contributed by atoms with Gasteiger partial charge in [-0.25, -0.2) is 5.48 Å². The Balaban J connectivity index is 2.64. The van der Waals surface area contributed by atoms with Crippen molar-refractivity contribution in [2.75, 3.05) is 6.61 Å². The van der Waals surface area contributed by atoms with Gasteiger partial charge in [0.15, 0.2) is 0 Å². The molecule has 0 atom stereocenters. The molecule has 0 saturated heterocycles. The molecule has 0 aliphatic carbocycles. The standard InChI is InChI=1S/C12H17NO3/c1-9-6-4-5-7-10(9)11(15)13-16-12(2,3)8-14/h4-7,14H,8H2,1-3H3,(H,13,15). The molecule has 0 aliphatic rings. The van der Waals surface area contributed by atoms with Crippen LogP contribution in [0.3, 0.4) is 0 Å². The topological polar surface area (TPSA) is 58.6 Å². The summed E-state index contributed by atoms with van der Waals surface area (Å²) in [4.78, 5) is 16.8. The lowest BCUT2D eigenvalue weighted by Gasteiger charge is -2.21. The first-order chi connectivity index (χ1) is 7.46. The summed E-state index contributed by atoms with van der Waals surface area (Å²) in [6.07, 6.45) is 0. The summed E-state index contributed by atoms with van der Waals surface area (Å²) in [5, 5.41) is 8.96. The van der Waals surface area contributed by atoms with Gasteiger partial charge in [-0.15, -0.1) is 0 Å². The summed E-state index contributed by atoms with van der Waals surface area (Å²) >= 11 is 0. The van der Waals surface area contributed by atoms with E-state index in [-0.39, 0.29) is 12.5 Å². The van der Waals surface area contributed by atoms with Gasteiger partial charge in [0.05, 0.1) is 6.61 Å². The van der Waals surface area contributed by atoms with Crippen molar-refractivity contribution in [2.45, 2.75) is 26.4 Å². The molecule has 4 nitrogen and oxygen atoms in total. The molecule has 1 aromatic carbocycles. The third kappa shape index (κ3) is 3.32. The van der Waals surface area contributed by atoms with E-state index in [1.807, 2.05) is 19.1 Å². The maximum absolute atomic E-state index is 11.7. The summed E-state index contributed by atoms with van der Waals surface area (Å²) in [7, 11) is 0. The second-order valence-corrected chi connectivity index (χ2v) is 4.27. The van der Waals surface area contributed by atoms with Crippen molar-refractivity contribution >= 4 is 5.91 Å². The summed E-state index contributed by atoms with van der Waals surface area (Å²) < 4.78 is 0. The van der Waals surface area contributed by atoms with E-state index in [2.05, 4.69) is 5.48 Å². The van der Waals surface area contributed by atoms with Crippen molar-refractivity contribution in [3.63, 3.8) is 0 Å². The highest BCUT2D eigenvalue weighted by Crippen LogP contribution is 2.09. The fraction of sp³-hybridized carbons (Fsp3) is 0.417. The van der Waals surface area contributed by atoms with Crippen LogP contribution in [0.1, 0.15) is 29.8 Å². The lowest BCUT2D eigenvalue weighted by atomic mass is 10.1. The zero-order chi connectivity index (χ0) is 12.2. The summed E-state index contributed by atoms with van der Waals surface area (Å²) in [6.45, 7) is 5.06. The van der Waals surface area contributed by atoms with Gasteiger partial charge in [-0.1, -0.05) is 18.2 Å². The van der Waals surface area contributed by atoms with Crippen molar-refractivity contribution in [1.82, 2.24) is 5.48 Å². The van der Waals surface area contributed by atoms with Crippen molar-refractivity contribution in [2.24, 2.45) is 0 Å². The molecule has 1 amide bonds. The normalized spacial score (nSPS) is 11.2. The van der Waals surface area contributed by atoms with Crippen LogP contribution in [0.25, 0.3) is 0 Å². The second-order valence-electron chi connectivity index (χ2n) is 4.27. The van der Waals surface area contributed by atoms with E-state index < -0.39 is 5.60 Å². The Morgan fingerprint density at radius 3 is 2.62 bits per heavy atom. The van der Waals surface area contributed by atoms with Crippen LogP contribution < -0.4 is 5.48 Å². The molecule has 0 aromatic heterocycles. The minimum absolute atomic E-state index is 0.166. The van der Waals surface area contributed by atoms with Gasteiger partial charge in [0.1, 0.15) is 5.60 Å². The number of hydroxylamine groups is 1. The smallest absolute Gasteiger partial charge is 0.275 e. The third-order valence-electron chi connectivity index (χ3n) is 2.19. The number of carbonyl (C=O) groups excluding carboxylic acids is 1. The Labute approximate surface area is 95.2 Å². The van der Waals surface area contributed by atoms with Gasteiger partial charge in [-0.2, -0.15) is 0 Å². The van der Waals surface area contributed by atoms with Gasteiger partial charge in [0, 0.05) is 5.56 Å². The maximum Gasteiger partial charge on any atom is 0.275 e. The van der Waals surface area contributed by atoms with Crippen LogP contribution in [0, 0.1) is 6.92 Å². The van der Waals surface area contributed by atoms with Crippen LogP contribution in [0.5, 0.6) is 0 Å². The number of rotatable bonds is 4. The molecule has 0 spiro atoms. The third-order valence-corrected chi connectivity index (χ3v) is 2.19. The molecule has 0 saturated carbocycles. The lowest BCUT2D eigenvalue weighted by Crippen LogP contribution is -2.38. The molecule has 0 unspecified atom stereocenters. The van der Waals surface area contributed by atoms with Crippen LogP contribution in [0.15, 0.2) is 24.3 Å². The first-order valence-electron chi connectivity index (χ1n) is 5.11. The number of hydrogen-bond donors (Lipinski definition) is 2. The molecule has 16 heavy (non-hydrogen) atoms. The van der Waals surface area contributed by atoms with Crippen LogP contribution in [0.2, 0.25) is 0 Å². The zero-order valence-electron chi connectivity index (χ0n) is 9.78. The number of nitrogens with one attached hydrogen (secondary N) is 1. The van der Waals surface area contributed by atoms with Gasteiger partial charge in [-0.05, 0) is 32.4 Å². The first-order valence-corrected chi connectivity index (χ1v) is 5.11. The minimum atomic E-state index is -0.779. The number of amides is 1. The van der Waals surface area contributed by atoms with E-state index in [4.69, 9.17) is 9.94 Å². The van der Waals surface area contributed by atoms with Crippen molar-refractivity contribution in [3.8, 4) is 0 Å². The number of benzene rings is 1. The van der Waals surface area contributed by atoms with Gasteiger partial charge >= 0.3 is 0 Å². The summed E-state index contributed by atoms with van der Waals surface area (Å²) in [5.74, 6) is -0.306. The first kappa shape index (κ1) is 12.7. The van der Waals surface area contributed by atoms with Crippen LogP contribution in [0.4, 0.5) is 0 Å². The molecule has 0 fully saturated rings. The Morgan fingerprint density at radius 1 is 1.44 bits per heavy atom. The number of hydrogen-bond acceptors (Lipinski definition) is 3. The number of aryl methyl sites for hydroxylation is 1. The highest BCUT2D eigenvalue weighted by atomic mass is 16.7. The average molecular weight is 223 g/mol. The molecule has 0 aliphatic heterocycles. The Hall–Kier alpha value is -1.39. The van der Waals surface area contributed by atoms with Gasteiger partial charge in [0.25, 0.3) is 5.91 Å². The van der Waals surface area contributed by atoms with Crippen molar-refractivity contribution in [1.29, 1.82) is 0 Å². The number of carbonyl (C=O) groups is 1. The second kappa shape index (κ2) is 5.09. The lowest BCUT2D eigenvalue weighted by molar-refractivity contribution is -0.0956. The SMILES string of the molecule is Cc1ccccc1C(=O)NOC(C)(C)CO. The molecule has 2 N–H and O–H groups in total. The predicted molar refractivity (Wildman–Crippen MR) is 60.9 cm³/mol. The Bertz CT molecular complexity index is 374. The molecular formula is C12H17NO3. The predicted octanol–water partition coefficient (Wildman–Crippen LogP) is 1.43. The largest absolute Gasteiger partial charge is 0.393 e. The number of aliphatic hydroxyl groups excluding tert-OH is 1. The van der Waals surface area contributed by atoms with Gasteiger partial charge in [-0.3, -0.25) is 9.63 Å². The molecule has 0 heterocycles. The highest BCUT2D eigenvalue weighted by Gasteiger charge is 2.19. The molecule has 0 radical (unpaired) electrons. The van der Waals surface area contributed by atoms with E-state index in [1.54, 1.807) is 26.0 Å². The number of aliphatic hydroxyl groups is 1. The molecule has 0 bridgehead atoms. The highest BCUT2D eigenvalue weighted by molar-refractivity contribution is 5.94. The molecule has 88 valence electrons. The van der Waals surface area contributed by atoms with E-state index in [0.717, 1.165) is 5.56 Å². The maximum atomic E-state index is 11.7. The van der Waals surface area contributed by atoms with E-state index >= 15 is 0 Å². The average Bonchev–Trinajstić information content (AvgIpc) is 2.27. The Kier molecular flexibility index (Phi) is 4.04. The summed E-state index contributed by atoms with van der Waals surface area (Å²) in [6, 6.07) is 7.23. The molecule has 1 aromatic rings.